The van der Waals surface area contributed by atoms with E-state index < -0.39 is 0 Å². The zero-order valence-corrected chi connectivity index (χ0v) is 10.4. The van der Waals surface area contributed by atoms with Crippen molar-refractivity contribution in [2.24, 2.45) is 0 Å². The molecule has 0 spiro atoms. The van der Waals surface area contributed by atoms with Gasteiger partial charge in [-0.1, -0.05) is 62.6 Å². The second kappa shape index (κ2) is 5.83. The molecule has 0 aromatic heterocycles. The minimum atomic E-state index is -0.314. The number of unbranched alkanes of at least 4 members (excludes halogenated alkanes) is 2. The van der Waals surface area contributed by atoms with Gasteiger partial charge in [-0.15, -0.1) is 0 Å². The van der Waals surface area contributed by atoms with Crippen LogP contribution in [0.15, 0.2) is 42.5 Å². The van der Waals surface area contributed by atoms with Crippen molar-refractivity contribution >= 4 is 10.8 Å². The molecule has 2 aromatic rings. The van der Waals surface area contributed by atoms with Crippen LogP contribution in [-0.2, 0) is 0 Å². The number of fused-ring (bicyclic) bond motifs is 1. The van der Waals surface area contributed by atoms with Crippen molar-refractivity contribution in [2.75, 3.05) is 0 Å². The lowest BCUT2D eigenvalue weighted by molar-refractivity contribution is 0.164. The Morgan fingerprint density at radius 1 is 1.00 bits per heavy atom. The van der Waals surface area contributed by atoms with Crippen LogP contribution in [-0.4, -0.2) is 5.11 Å². The van der Waals surface area contributed by atoms with Gasteiger partial charge in [0, 0.05) is 0 Å². The van der Waals surface area contributed by atoms with Crippen LogP contribution in [0.4, 0.5) is 0 Å². The van der Waals surface area contributed by atoms with Gasteiger partial charge in [-0.05, 0) is 28.8 Å². The molecule has 2 aromatic carbocycles. The largest absolute Gasteiger partial charge is 0.388 e. The molecule has 0 aliphatic heterocycles. The van der Waals surface area contributed by atoms with Crippen molar-refractivity contribution in [1.82, 2.24) is 0 Å². The van der Waals surface area contributed by atoms with Crippen molar-refractivity contribution in [3.05, 3.63) is 48.0 Å². The lowest BCUT2D eigenvalue weighted by atomic mass is 10.00. The molecule has 0 fully saturated rings. The maximum atomic E-state index is 10.1. The normalized spacial score (nSPS) is 12.8. The summed E-state index contributed by atoms with van der Waals surface area (Å²) in [7, 11) is 0. The van der Waals surface area contributed by atoms with Crippen LogP contribution in [0.25, 0.3) is 10.8 Å². The summed E-state index contributed by atoms with van der Waals surface area (Å²) in [6, 6.07) is 14.5. The highest BCUT2D eigenvalue weighted by Crippen LogP contribution is 2.23. The standard InChI is InChI=1S/C16H20O/c1-2-3-4-9-16(17)15-11-10-13-7-5-6-8-14(13)12-15/h5-8,10-12,16-17H,2-4,9H2,1H3/t16-/m0/s1. The predicted octanol–water partition coefficient (Wildman–Crippen LogP) is 4.45. The van der Waals surface area contributed by atoms with Gasteiger partial charge in [0.1, 0.15) is 0 Å². The zero-order valence-electron chi connectivity index (χ0n) is 10.4. The molecule has 0 radical (unpaired) electrons. The number of benzene rings is 2. The summed E-state index contributed by atoms with van der Waals surface area (Å²) >= 11 is 0. The van der Waals surface area contributed by atoms with E-state index in [0.29, 0.717) is 0 Å². The number of aliphatic hydroxyl groups excluding tert-OH is 1. The average Bonchev–Trinajstić information content (AvgIpc) is 2.38. The Morgan fingerprint density at radius 3 is 2.53 bits per heavy atom. The van der Waals surface area contributed by atoms with Gasteiger partial charge in [0.05, 0.1) is 6.10 Å². The van der Waals surface area contributed by atoms with Crippen LogP contribution in [0, 0.1) is 0 Å². The van der Waals surface area contributed by atoms with Crippen molar-refractivity contribution in [2.45, 2.75) is 38.7 Å². The van der Waals surface area contributed by atoms with Crippen molar-refractivity contribution in [3.63, 3.8) is 0 Å². The number of aliphatic hydroxyl groups is 1. The average molecular weight is 228 g/mol. The first kappa shape index (κ1) is 12.1. The molecular weight excluding hydrogens is 208 g/mol. The van der Waals surface area contributed by atoms with E-state index in [4.69, 9.17) is 0 Å². The fourth-order valence-electron chi connectivity index (χ4n) is 2.17. The molecule has 2 rings (SSSR count). The molecule has 1 nitrogen and oxygen atoms in total. The van der Waals surface area contributed by atoms with E-state index in [1.165, 1.54) is 23.6 Å². The summed E-state index contributed by atoms with van der Waals surface area (Å²) in [4.78, 5) is 0. The molecule has 0 amide bonds. The Hall–Kier alpha value is -1.34. The molecule has 0 saturated carbocycles. The summed E-state index contributed by atoms with van der Waals surface area (Å²) in [5, 5.41) is 12.5. The smallest absolute Gasteiger partial charge is 0.0790 e. The SMILES string of the molecule is CCCCC[C@H](O)c1ccc2ccccc2c1. The summed E-state index contributed by atoms with van der Waals surface area (Å²) in [5.74, 6) is 0. The van der Waals surface area contributed by atoms with E-state index >= 15 is 0 Å². The summed E-state index contributed by atoms with van der Waals surface area (Å²) in [6.45, 7) is 2.18. The van der Waals surface area contributed by atoms with Crippen molar-refractivity contribution in [3.8, 4) is 0 Å². The van der Waals surface area contributed by atoms with Gasteiger partial charge in [0.25, 0.3) is 0 Å². The number of hydrogen-bond donors (Lipinski definition) is 1. The van der Waals surface area contributed by atoms with E-state index in [2.05, 4.69) is 31.2 Å². The molecule has 0 heterocycles. The van der Waals surface area contributed by atoms with Gasteiger partial charge in [-0.25, -0.2) is 0 Å². The van der Waals surface area contributed by atoms with Crippen molar-refractivity contribution < 1.29 is 5.11 Å². The quantitative estimate of drug-likeness (QED) is 0.749. The Bertz CT molecular complexity index is 476. The maximum Gasteiger partial charge on any atom is 0.0790 e. The maximum absolute atomic E-state index is 10.1. The monoisotopic (exact) mass is 228 g/mol. The highest BCUT2D eigenvalue weighted by Gasteiger charge is 2.07. The Labute approximate surface area is 103 Å². The minimum absolute atomic E-state index is 0.314. The molecular formula is C16H20O. The van der Waals surface area contributed by atoms with E-state index in [0.717, 1.165) is 18.4 Å². The van der Waals surface area contributed by atoms with E-state index in [1.54, 1.807) is 0 Å². The predicted molar refractivity (Wildman–Crippen MR) is 73.0 cm³/mol. The van der Waals surface area contributed by atoms with Gasteiger partial charge in [-0.3, -0.25) is 0 Å². The Kier molecular flexibility index (Phi) is 4.16. The number of hydrogen-bond acceptors (Lipinski definition) is 1. The van der Waals surface area contributed by atoms with Crippen LogP contribution in [0.3, 0.4) is 0 Å². The van der Waals surface area contributed by atoms with Gasteiger partial charge in [0.15, 0.2) is 0 Å². The molecule has 0 unspecified atom stereocenters. The second-order valence-corrected chi connectivity index (χ2v) is 4.62. The van der Waals surface area contributed by atoms with Gasteiger partial charge in [0.2, 0.25) is 0 Å². The van der Waals surface area contributed by atoms with Crippen molar-refractivity contribution in [1.29, 1.82) is 0 Å². The zero-order chi connectivity index (χ0) is 12.1. The highest BCUT2D eigenvalue weighted by molar-refractivity contribution is 5.83. The fourth-order valence-corrected chi connectivity index (χ4v) is 2.17. The third-order valence-electron chi connectivity index (χ3n) is 3.24. The summed E-state index contributed by atoms with van der Waals surface area (Å²) in [6.07, 6.45) is 4.05. The van der Waals surface area contributed by atoms with Crippen LogP contribution in [0.1, 0.15) is 44.3 Å². The lowest BCUT2D eigenvalue weighted by Gasteiger charge is -2.11. The summed E-state index contributed by atoms with van der Waals surface area (Å²) < 4.78 is 0. The number of rotatable bonds is 5. The van der Waals surface area contributed by atoms with Gasteiger partial charge in [-0.2, -0.15) is 0 Å². The Morgan fingerprint density at radius 2 is 1.76 bits per heavy atom. The minimum Gasteiger partial charge on any atom is -0.388 e. The first-order valence-electron chi connectivity index (χ1n) is 6.48. The molecule has 1 heteroatoms. The Balaban J connectivity index is 2.12. The first-order valence-corrected chi connectivity index (χ1v) is 6.48. The molecule has 90 valence electrons. The lowest BCUT2D eigenvalue weighted by Crippen LogP contribution is -1.97. The molecule has 0 bridgehead atoms. The molecule has 0 saturated heterocycles. The summed E-state index contributed by atoms with van der Waals surface area (Å²) in [5.41, 5.74) is 1.04. The molecule has 17 heavy (non-hydrogen) atoms. The highest BCUT2D eigenvalue weighted by atomic mass is 16.3. The third kappa shape index (κ3) is 3.07. The molecule has 0 aliphatic carbocycles. The van der Waals surface area contributed by atoms with Gasteiger partial charge >= 0.3 is 0 Å². The van der Waals surface area contributed by atoms with Crippen LogP contribution in [0.2, 0.25) is 0 Å². The first-order chi connectivity index (χ1) is 8.31. The molecule has 1 atom stereocenters. The van der Waals surface area contributed by atoms with E-state index in [-0.39, 0.29) is 6.10 Å². The van der Waals surface area contributed by atoms with Crippen LogP contribution in [0.5, 0.6) is 0 Å². The van der Waals surface area contributed by atoms with Crippen LogP contribution >= 0.6 is 0 Å². The van der Waals surface area contributed by atoms with Gasteiger partial charge < -0.3 is 5.11 Å². The fraction of sp³-hybridized carbons (Fsp3) is 0.375. The van der Waals surface area contributed by atoms with Crippen LogP contribution < -0.4 is 0 Å². The second-order valence-electron chi connectivity index (χ2n) is 4.62. The molecule has 0 aliphatic rings. The third-order valence-corrected chi connectivity index (χ3v) is 3.24. The topological polar surface area (TPSA) is 20.2 Å². The van der Waals surface area contributed by atoms with E-state index in [9.17, 15) is 5.11 Å². The van der Waals surface area contributed by atoms with E-state index in [1.807, 2.05) is 18.2 Å². The molecule has 1 N–H and O–H groups in total.